The van der Waals surface area contributed by atoms with Crippen molar-refractivity contribution in [1.29, 1.82) is 0 Å². The predicted octanol–water partition coefficient (Wildman–Crippen LogP) is 4.18. The monoisotopic (exact) mass is 487 g/mol. The first-order valence-corrected chi connectivity index (χ1v) is 12.7. The Balaban J connectivity index is 0.00000272. The molecule has 2 heterocycles. The van der Waals surface area contributed by atoms with Crippen LogP contribution in [0.2, 0.25) is 5.02 Å². The molecule has 1 aliphatic heterocycles. The highest BCUT2D eigenvalue weighted by atomic mass is 35.5. The Morgan fingerprint density at radius 2 is 1.94 bits per heavy atom. The Kier molecular flexibility index (Phi) is 7.95. The Morgan fingerprint density at radius 3 is 2.58 bits per heavy atom. The summed E-state index contributed by atoms with van der Waals surface area (Å²) in [6.07, 6.45) is 6.32. The van der Waals surface area contributed by atoms with Crippen molar-refractivity contribution in [3.8, 4) is 0 Å². The van der Waals surface area contributed by atoms with E-state index in [9.17, 15) is 12.8 Å². The third-order valence-corrected chi connectivity index (χ3v) is 8.40. The molecule has 1 aromatic carbocycles. The molecule has 0 bridgehead atoms. The van der Waals surface area contributed by atoms with Crippen LogP contribution in [0.4, 0.5) is 4.39 Å². The summed E-state index contributed by atoms with van der Waals surface area (Å²) in [5.74, 6) is 0.363. The van der Waals surface area contributed by atoms with Gasteiger partial charge in [0.05, 0.1) is 29.9 Å². The zero-order valence-corrected chi connectivity index (χ0v) is 19.7. The third kappa shape index (κ3) is 5.21. The smallest absolute Gasteiger partial charge is 0.150 e. The summed E-state index contributed by atoms with van der Waals surface area (Å²) in [6, 6.07) is 8.16. The molecule has 9 heteroatoms. The van der Waals surface area contributed by atoms with Gasteiger partial charge in [-0.2, -0.15) is 0 Å². The number of hydrogen-bond donors (Lipinski definition) is 1. The highest BCUT2D eigenvalue weighted by molar-refractivity contribution is 7.91. The highest BCUT2D eigenvalue weighted by Crippen LogP contribution is 2.53. The Bertz CT molecular complexity index is 998. The molecule has 0 spiro atoms. The van der Waals surface area contributed by atoms with Crippen LogP contribution in [0.1, 0.15) is 54.4 Å². The van der Waals surface area contributed by atoms with E-state index in [2.05, 4.69) is 22.4 Å². The van der Waals surface area contributed by atoms with E-state index in [1.807, 2.05) is 18.3 Å². The molecular weight excluding hydrogens is 460 g/mol. The summed E-state index contributed by atoms with van der Waals surface area (Å²) in [7, 11) is -3.29. The van der Waals surface area contributed by atoms with Gasteiger partial charge in [-0.15, -0.1) is 12.4 Å². The third-order valence-electron chi connectivity index (χ3n) is 6.41. The molecule has 2 aromatic rings. The first-order valence-electron chi connectivity index (χ1n) is 10.5. The van der Waals surface area contributed by atoms with Gasteiger partial charge in [0.15, 0.2) is 9.84 Å². The number of sulfone groups is 1. The lowest BCUT2D eigenvalue weighted by Crippen LogP contribution is -2.49. The fraction of sp³-hybridized carbons (Fsp3) is 0.545. The lowest BCUT2D eigenvalue weighted by molar-refractivity contribution is 0.161. The minimum absolute atomic E-state index is 0. The average Bonchev–Trinajstić information content (AvgIpc) is 2.71. The summed E-state index contributed by atoms with van der Waals surface area (Å²) in [4.78, 5) is 9.26. The number of hydrogen-bond acceptors (Lipinski definition) is 5. The van der Waals surface area contributed by atoms with Gasteiger partial charge in [0.25, 0.3) is 0 Å². The maximum atomic E-state index is 12.3. The van der Waals surface area contributed by atoms with Crippen LogP contribution in [0.25, 0.3) is 0 Å². The van der Waals surface area contributed by atoms with Gasteiger partial charge in [-0.05, 0) is 55.5 Å². The number of rotatable bonds is 8. The lowest BCUT2D eigenvalue weighted by atomic mass is 9.58. The maximum absolute atomic E-state index is 12.3. The van der Waals surface area contributed by atoms with Crippen molar-refractivity contribution >= 4 is 33.8 Å². The minimum atomic E-state index is -3.29. The topological polar surface area (TPSA) is 72.0 Å². The van der Waals surface area contributed by atoms with Crippen LogP contribution in [-0.4, -0.2) is 43.1 Å². The molecule has 1 aromatic heterocycles. The van der Waals surface area contributed by atoms with Crippen LogP contribution >= 0.6 is 24.0 Å². The zero-order chi connectivity index (χ0) is 21.2. The van der Waals surface area contributed by atoms with Crippen LogP contribution in [0.15, 0.2) is 30.5 Å². The number of aromatic nitrogens is 2. The fourth-order valence-corrected chi connectivity index (χ4v) is 6.01. The van der Waals surface area contributed by atoms with Crippen LogP contribution in [0.3, 0.4) is 0 Å². The average molecular weight is 488 g/mol. The van der Waals surface area contributed by atoms with Gasteiger partial charge in [-0.1, -0.05) is 30.2 Å². The number of nitrogens with zero attached hydrogens (tertiary/aromatic N) is 2. The SMILES string of the molecule is Cl.O=S(=O)(CCCF)CCc1ncc2c(n1)C(C1(c3ccc(Cl)cc3)CCC1)NCC2. The van der Waals surface area contributed by atoms with Crippen molar-refractivity contribution in [2.75, 3.05) is 24.7 Å². The van der Waals surface area contributed by atoms with E-state index in [4.69, 9.17) is 16.6 Å². The molecule has 170 valence electrons. The van der Waals surface area contributed by atoms with Gasteiger partial charge in [-0.3, -0.25) is 4.39 Å². The number of aryl methyl sites for hydroxylation is 1. The highest BCUT2D eigenvalue weighted by Gasteiger charge is 2.48. The normalized spacial score (nSPS) is 19.7. The minimum Gasteiger partial charge on any atom is -0.308 e. The van der Waals surface area contributed by atoms with E-state index in [0.717, 1.165) is 42.1 Å². The van der Waals surface area contributed by atoms with Gasteiger partial charge in [0.1, 0.15) is 5.82 Å². The number of halogens is 3. The van der Waals surface area contributed by atoms with E-state index in [-0.39, 0.29) is 48.2 Å². The molecule has 1 fully saturated rings. The number of nitrogens with one attached hydrogen (secondary N) is 1. The van der Waals surface area contributed by atoms with Gasteiger partial charge < -0.3 is 5.32 Å². The number of fused-ring (bicyclic) bond motifs is 1. The molecule has 1 unspecified atom stereocenters. The predicted molar refractivity (Wildman–Crippen MR) is 124 cm³/mol. The molecule has 1 aliphatic carbocycles. The summed E-state index contributed by atoms with van der Waals surface area (Å²) >= 11 is 6.11. The summed E-state index contributed by atoms with van der Waals surface area (Å²) < 4.78 is 36.5. The van der Waals surface area contributed by atoms with E-state index in [1.54, 1.807) is 0 Å². The quantitative estimate of drug-likeness (QED) is 0.604. The molecule has 0 amide bonds. The fourth-order valence-electron chi connectivity index (χ4n) is 4.63. The van der Waals surface area contributed by atoms with Crippen LogP contribution in [-0.2, 0) is 28.1 Å². The lowest BCUT2D eigenvalue weighted by Gasteiger charge is -2.50. The second-order valence-corrected chi connectivity index (χ2v) is 11.0. The van der Waals surface area contributed by atoms with Gasteiger partial charge in [0.2, 0.25) is 0 Å². The Morgan fingerprint density at radius 1 is 1.19 bits per heavy atom. The first kappa shape index (κ1) is 24.4. The van der Waals surface area contributed by atoms with Crippen LogP contribution in [0, 0.1) is 0 Å². The zero-order valence-electron chi connectivity index (χ0n) is 17.3. The first-order chi connectivity index (χ1) is 14.4. The standard InChI is InChI=1S/C22H27ClFN3O2S.ClH/c23-18-5-3-17(4-6-18)22(9-1-10-22)21-20-16(7-12-25-21)15-26-19(27-20)8-14-30(28,29)13-2-11-24;/h3-6,15,21,25H,1-2,7-14H2;1H. The van der Waals surface area contributed by atoms with Crippen molar-refractivity contribution in [3.05, 3.63) is 58.1 Å². The van der Waals surface area contributed by atoms with E-state index in [0.29, 0.717) is 5.82 Å². The van der Waals surface area contributed by atoms with Crippen molar-refractivity contribution in [3.63, 3.8) is 0 Å². The second kappa shape index (κ2) is 10.1. The van der Waals surface area contributed by atoms with Crippen LogP contribution in [0.5, 0.6) is 0 Å². The molecular formula is C22H28Cl2FN3O2S. The number of alkyl halides is 1. The van der Waals surface area contributed by atoms with Crippen molar-refractivity contribution < 1.29 is 12.8 Å². The summed E-state index contributed by atoms with van der Waals surface area (Å²) in [6.45, 7) is 0.252. The van der Waals surface area contributed by atoms with E-state index < -0.39 is 16.5 Å². The summed E-state index contributed by atoms with van der Waals surface area (Å²) in [5.41, 5.74) is 3.35. The molecule has 1 N–H and O–H groups in total. The molecule has 4 rings (SSSR count). The van der Waals surface area contributed by atoms with Gasteiger partial charge in [0, 0.05) is 23.1 Å². The molecule has 5 nitrogen and oxygen atoms in total. The second-order valence-electron chi connectivity index (χ2n) is 8.29. The Labute approximate surface area is 194 Å². The van der Waals surface area contributed by atoms with Crippen molar-refractivity contribution in [1.82, 2.24) is 15.3 Å². The largest absolute Gasteiger partial charge is 0.308 e. The molecule has 31 heavy (non-hydrogen) atoms. The van der Waals surface area contributed by atoms with Crippen molar-refractivity contribution in [2.45, 2.75) is 50.0 Å². The number of benzene rings is 1. The van der Waals surface area contributed by atoms with E-state index >= 15 is 0 Å². The molecule has 0 radical (unpaired) electrons. The molecule has 1 atom stereocenters. The maximum Gasteiger partial charge on any atom is 0.150 e. The summed E-state index contributed by atoms with van der Waals surface area (Å²) in [5, 5.41) is 4.40. The molecule has 2 aliphatic rings. The van der Waals surface area contributed by atoms with Gasteiger partial charge in [-0.25, -0.2) is 18.4 Å². The Hall–Kier alpha value is -1.28. The van der Waals surface area contributed by atoms with E-state index in [1.165, 1.54) is 12.0 Å². The van der Waals surface area contributed by atoms with Gasteiger partial charge >= 0.3 is 0 Å². The molecule has 1 saturated carbocycles. The molecule has 0 saturated heterocycles. The van der Waals surface area contributed by atoms with Crippen molar-refractivity contribution in [2.24, 2.45) is 0 Å². The van der Waals surface area contributed by atoms with Crippen LogP contribution < -0.4 is 5.32 Å².